The Balaban J connectivity index is 1.62. The summed E-state index contributed by atoms with van der Waals surface area (Å²) in [6.45, 7) is 6.74. The maximum atomic E-state index is 12.8. The van der Waals surface area contributed by atoms with Crippen LogP contribution in [0.5, 0.6) is 0 Å². The van der Waals surface area contributed by atoms with E-state index >= 15 is 0 Å². The second-order valence-corrected chi connectivity index (χ2v) is 7.50. The highest BCUT2D eigenvalue weighted by atomic mass is 16.1. The molecule has 6 nitrogen and oxygen atoms in total. The van der Waals surface area contributed by atoms with Crippen LogP contribution in [0, 0.1) is 13.8 Å². The molecule has 1 aromatic heterocycles. The fourth-order valence-corrected chi connectivity index (χ4v) is 4.00. The van der Waals surface area contributed by atoms with Crippen LogP contribution >= 0.6 is 0 Å². The molecule has 0 unspecified atom stereocenters. The number of piperazine rings is 1. The predicted octanol–water partition coefficient (Wildman–Crippen LogP) is 2.28. The lowest BCUT2D eigenvalue weighted by molar-refractivity contribution is -0.118. The largest absolute Gasteiger partial charge is 0.342 e. The maximum absolute atomic E-state index is 12.8. The average Bonchev–Trinajstić information content (AvgIpc) is 2.68. The first-order valence-corrected chi connectivity index (χ1v) is 9.46. The summed E-state index contributed by atoms with van der Waals surface area (Å²) in [5, 5.41) is 0. The standard InChI is InChI=1S/C21H24N4O2/c1-14-3-5-16(6-4-14)17-11-18-20(19(27)12-17)15(2)22-21(23-18)25-9-7-24(13-26)8-10-25/h3-6,13,17H,7-12H2,1-2H3/t17-/m1/s1. The van der Waals surface area contributed by atoms with Crippen molar-refractivity contribution >= 4 is 18.1 Å². The zero-order valence-corrected chi connectivity index (χ0v) is 15.8. The fourth-order valence-electron chi connectivity index (χ4n) is 4.00. The number of hydrogen-bond acceptors (Lipinski definition) is 5. The number of nitrogens with zero attached hydrogens (tertiary/aromatic N) is 4. The normalized spacial score (nSPS) is 19.8. The number of anilines is 1. The quantitative estimate of drug-likeness (QED) is 0.782. The Morgan fingerprint density at radius 2 is 1.70 bits per heavy atom. The van der Waals surface area contributed by atoms with Crippen molar-refractivity contribution in [1.29, 1.82) is 0 Å². The van der Waals surface area contributed by atoms with Crippen molar-refractivity contribution in [3.05, 3.63) is 52.3 Å². The predicted molar refractivity (Wildman–Crippen MR) is 103 cm³/mol. The third kappa shape index (κ3) is 3.44. The van der Waals surface area contributed by atoms with Gasteiger partial charge in [-0.1, -0.05) is 29.8 Å². The molecule has 2 aromatic rings. The number of hydrogen-bond donors (Lipinski definition) is 0. The van der Waals surface area contributed by atoms with Crippen molar-refractivity contribution in [2.75, 3.05) is 31.1 Å². The minimum absolute atomic E-state index is 0.136. The molecular weight excluding hydrogens is 340 g/mol. The summed E-state index contributed by atoms with van der Waals surface area (Å²) in [4.78, 5) is 37.0. The van der Waals surface area contributed by atoms with E-state index in [4.69, 9.17) is 4.98 Å². The molecule has 1 fully saturated rings. The number of fused-ring (bicyclic) bond motifs is 1. The molecule has 1 aliphatic heterocycles. The van der Waals surface area contributed by atoms with Crippen LogP contribution in [-0.4, -0.2) is 53.2 Å². The molecular formula is C21H24N4O2. The number of amides is 1. The van der Waals surface area contributed by atoms with Gasteiger partial charge in [0.2, 0.25) is 12.4 Å². The maximum Gasteiger partial charge on any atom is 0.225 e. The van der Waals surface area contributed by atoms with Gasteiger partial charge in [0.15, 0.2) is 5.78 Å². The highest BCUT2D eigenvalue weighted by Crippen LogP contribution is 2.33. The van der Waals surface area contributed by atoms with Gasteiger partial charge in [0.1, 0.15) is 0 Å². The monoisotopic (exact) mass is 364 g/mol. The van der Waals surface area contributed by atoms with E-state index in [0.29, 0.717) is 44.1 Å². The van der Waals surface area contributed by atoms with Crippen LogP contribution in [-0.2, 0) is 11.2 Å². The van der Waals surface area contributed by atoms with Gasteiger partial charge in [-0.15, -0.1) is 0 Å². The van der Waals surface area contributed by atoms with E-state index in [9.17, 15) is 9.59 Å². The highest BCUT2D eigenvalue weighted by molar-refractivity contribution is 5.99. The van der Waals surface area contributed by atoms with E-state index in [1.165, 1.54) is 11.1 Å². The van der Waals surface area contributed by atoms with Gasteiger partial charge < -0.3 is 9.80 Å². The topological polar surface area (TPSA) is 66.4 Å². The Morgan fingerprint density at radius 1 is 1.00 bits per heavy atom. The molecule has 0 radical (unpaired) electrons. The van der Waals surface area contributed by atoms with Gasteiger partial charge in [-0.2, -0.15) is 0 Å². The molecule has 1 aliphatic carbocycles. The third-order valence-electron chi connectivity index (χ3n) is 5.60. The Hall–Kier alpha value is -2.76. The van der Waals surface area contributed by atoms with Gasteiger partial charge in [-0.25, -0.2) is 9.97 Å². The lowest BCUT2D eigenvalue weighted by Gasteiger charge is -2.33. The van der Waals surface area contributed by atoms with Crippen LogP contribution in [0.15, 0.2) is 24.3 Å². The van der Waals surface area contributed by atoms with Gasteiger partial charge >= 0.3 is 0 Å². The van der Waals surface area contributed by atoms with Crippen LogP contribution in [0.25, 0.3) is 0 Å². The number of carbonyl (C=O) groups excluding carboxylic acids is 2. The number of aromatic nitrogens is 2. The molecule has 1 aromatic carbocycles. The highest BCUT2D eigenvalue weighted by Gasteiger charge is 2.31. The van der Waals surface area contributed by atoms with E-state index in [1.807, 2.05) is 6.92 Å². The summed E-state index contributed by atoms with van der Waals surface area (Å²) in [5.41, 5.74) is 4.74. The summed E-state index contributed by atoms with van der Waals surface area (Å²) < 4.78 is 0. The van der Waals surface area contributed by atoms with Crippen molar-refractivity contribution in [2.45, 2.75) is 32.6 Å². The van der Waals surface area contributed by atoms with Crippen LogP contribution in [0.4, 0.5) is 5.95 Å². The van der Waals surface area contributed by atoms with Gasteiger partial charge in [0.25, 0.3) is 0 Å². The second-order valence-electron chi connectivity index (χ2n) is 7.50. The zero-order chi connectivity index (χ0) is 19.0. The molecule has 27 heavy (non-hydrogen) atoms. The van der Waals surface area contributed by atoms with Crippen LogP contribution < -0.4 is 4.90 Å². The van der Waals surface area contributed by atoms with Gasteiger partial charge in [-0.05, 0) is 31.7 Å². The van der Waals surface area contributed by atoms with Crippen LogP contribution in [0.2, 0.25) is 0 Å². The van der Waals surface area contributed by atoms with Crippen molar-refractivity contribution in [1.82, 2.24) is 14.9 Å². The van der Waals surface area contributed by atoms with Gasteiger partial charge in [-0.3, -0.25) is 9.59 Å². The smallest absolute Gasteiger partial charge is 0.225 e. The Morgan fingerprint density at radius 3 is 2.37 bits per heavy atom. The number of carbonyl (C=O) groups is 2. The summed E-state index contributed by atoms with van der Waals surface area (Å²) in [5.74, 6) is 0.977. The van der Waals surface area contributed by atoms with Crippen molar-refractivity contribution < 1.29 is 9.59 Å². The fraction of sp³-hybridized carbons (Fsp3) is 0.429. The molecule has 140 valence electrons. The summed E-state index contributed by atoms with van der Waals surface area (Å²) in [6, 6.07) is 8.43. The second kappa shape index (κ2) is 7.10. The summed E-state index contributed by atoms with van der Waals surface area (Å²) >= 11 is 0. The Kier molecular flexibility index (Phi) is 4.64. The number of benzene rings is 1. The molecule has 0 spiro atoms. The summed E-state index contributed by atoms with van der Waals surface area (Å²) in [6.07, 6.45) is 2.16. The van der Waals surface area contributed by atoms with E-state index in [2.05, 4.69) is 41.1 Å². The van der Waals surface area contributed by atoms with Crippen molar-refractivity contribution in [2.24, 2.45) is 0 Å². The van der Waals surface area contributed by atoms with E-state index in [0.717, 1.165) is 24.2 Å². The minimum atomic E-state index is 0.136. The van der Waals surface area contributed by atoms with Crippen molar-refractivity contribution in [3.8, 4) is 0 Å². The molecule has 6 heteroatoms. The molecule has 4 rings (SSSR count). The lowest BCUT2D eigenvalue weighted by atomic mass is 9.81. The Labute approximate surface area is 159 Å². The first-order valence-electron chi connectivity index (χ1n) is 9.46. The number of rotatable bonds is 3. The van der Waals surface area contributed by atoms with Gasteiger partial charge in [0, 0.05) is 32.6 Å². The summed E-state index contributed by atoms with van der Waals surface area (Å²) in [7, 11) is 0. The minimum Gasteiger partial charge on any atom is -0.342 e. The molecule has 1 saturated heterocycles. The molecule has 1 amide bonds. The van der Waals surface area contributed by atoms with E-state index in [1.54, 1.807) is 4.90 Å². The first-order chi connectivity index (χ1) is 13.0. The number of aryl methyl sites for hydroxylation is 2. The Bertz CT molecular complexity index is 870. The molecule has 0 saturated carbocycles. The van der Waals surface area contributed by atoms with E-state index < -0.39 is 0 Å². The third-order valence-corrected chi connectivity index (χ3v) is 5.60. The van der Waals surface area contributed by atoms with Crippen molar-refractivity contribution in [3.63, 3.8) is 0 Å². The lowest BCUT2D eigenvalue weighted by Crippen LogP contribution is -2.46. The zero-order valence-electron chi connectivity index (χ0n) is 15.8. The molecule has 0 bridgehead atoms. The van der Waals surface area contributed by atoms with Gasteiger partial charge in [0.05, 0.1) is 17.0 Å². The molecule has 2 aliphatic rings. The number of ketones is 1. The first kappa shape index (κ1) is 17.6. The average molecular weight is 364 g/mol. The van der Waals surface area contributed by atoms with E-state index in [-0.39, 0.29) is 11.7 Å². The SMILES string of the molecule is Cc1ccc([C@H]2CC(=O)c3c(C)nc(N4CCN(C=O)CC4)nc3C2)cc1. The molecule has 2 heterocycles. The van der Waals surface area contributed by atoms with Crippen LogP contribution in [0.3, 0.4) is 0 Å². The molecule has 1 atom stereocenters. The molecule has 0 N–H and O–H groups in total. The van der Waals surface area contributed by atoms with Crippen LogP contribution in [0.1, 0.15) is 45.2 Å². The number of Topliss-reactive ketones (excluding diaryl/α,β-unsaturated/α-hetero) is 1.